The molecule has 1 aromatic rings. The maximum atomic E-state index is 10.5. The molecular weight excluding hydrogens is 234 g/mol. The third kappa shape index (κ3) is 3.55. The molecule has 1 rings (SSSR count). The largest absolute Gasteiger partial charge is 0.354 e. The highest BCUT2D eigenvalue weighted by molar-refractivity contribution is 5.35. The molecule has 0 bridgehead atoms. The van der Waals surface area contributed by atoms with E-state index in [1.165, 1.54) is 19.2 Å². The van der Waals surface area contributed by atoms with Gasteiger partial charge in [-0.15, -0.1) is 6.42 Å². The lowest BCUT2D eigenvalue weighted by Crippen LogP contribution is -2.28. The number of rotatable bonds is 5. The highest BCUT2D eigenvalue weighted by Gasteiger charge is 2.23. The molecule has 18 heavy (non-hydrogen) atoms. The van der Waals surface area contributed by atoms with Gasteiger partial charge in [-0.2, -0.15) is 0 Å². The second-order valence-electron chi connectivity index (χ2n) is 4.12. The smallest absolute Gasteiger partial charge is 0.269 e. The molecule has 0 aliphatic heterocycles. The van der Waals surface area contributed by atoms with Gasteiger partial charge in [0, 0.05) is 19.2 Å². The topological polar surface area (TPSA) is 61.6 Å². The first-order chi connectivity index (χ1) is 8.39. The fraction of sp³-hybridized carbons (Fsp3) is 0.385. The number of hydrogen-bond donors (Lipinski definition) is 0. The number of ether oxygens (including phenoxy) is 2. The summed E-state index contributed by atoms with van der Waals surface area (Å²) in [5, 5.41) is 10.5. The lowest BCUT2D eigenvalue weighted by atomic mass is 10.1. The van der Waals surface area contributed by atoms with Crippen LogP contribution in [0.15, 0.2) is 24.3 Å². The number of methoxy groups -OCH3 is 1. The Morgan fingerprint density at radius 1 is 1.39 bits per heavy atom. The quantitative estimate of drug-likeness (QED) is 0.348. The molecule has 96 valence electrons. The van der Waals surface area contributed by atoms with Gasteiger partial charge >= 0.3 is 0 Å². The Labute approximate surface area is 106 Å². The van der Waals surface area contributed by atoms with E-state index >= 15 is 0 Å². The molecule has 0 aromatic heterocycles. The van der Waals surface area contributed by atoms with Crippen molar-refractivity contribution in [3.63, 3.8) is 0 Å². The number of non-ortho nitro benzene ring substituents is 1. The Hall–Kier alpha value is -1.90. The van der Waals surface area contributed by atoms with Crippen LogP contribution < -0.4 is 0 Å². The van der Waals surface area contributed by atoms with E-state index in [2.05, 4.69) is 5.92 Å². The van der Waals surface area contributed by atoms with E-state index in [1.54, 1.807) is 26.0 Å². The zero-order valence-electron chi connectivity index (χ0n) is 10.5. The van der Waals surface area contributed by atoms with Crippen LogP contribution in [-0.2, 0) is 9.47 Å². The summed E-state index contributed by atoms with van der Waals surface area (Å²) in [4.78, 5) is 10.1. The van der Waals surface area contributed by atoms with Crippen molar-refractivity contribution in [3.05, 3.63) is 39.9 Å². The minimum absolute atomic E-state index is 0.0144. The van der Waals surface area contributed by atoms with Crippen LogP contribution in [0.25, 0.3) is 0 Å². The Balaban J connectivity index is 2.90. The van der Waals surface area contributed by atoms with E-state index in [9.17, 15) is 10.1 Å². The molecule has 0 heterocycles. The molecule has 1 atom stereocenters. The summed E-state index contributed by atoms with van der Waals surface area (Å²) >= 11 is 0. The summed E-state index contributed by atoms with van der Waals surface area (Å²) in [5.41, 5.74) is 0.689. The van der Waals surface area contributed by atoms with Crippen LogP contribution in [-0.4, -0.2) is 17.8 Å². The van der Waals surface area contributed by atoms with Crippen LogP contribution in [0.5, 0.6) is 0 Å². The number of hydrogen-bond acceptors (Lipinski definition) is 4. The Kier molecular flexibility index (Phi) is 4.43. The standard InChI is InChI=1S/C13H15NO4/c1-5-12(18-13(2,3)17-4)10-6-8-11(9-7-10)14(15)16/h1,6-9,12H,2-4H3. The number of terminal acetylenes is 1. The summed E-state index contributed by atoms with van der Waals surface area (Å²) in [7, 11) is 1.52. The van der Waals surface area contributed by atoms with Gasteiger partial charge < -0.3 is 9.47 Å². The van der Waals surface area contributed by atoms with E-state index < -0.39 is 16.8 Å². The number of nitro benzene ring substituents is 1. The van der Waals surface area contributed by atoms with Gasteiger partial charge in [0.2, 0.25) is 0 Å². The third-order valence-electron chi connectivity index (χ3n) is 2.45. The highest BCUT2D eigenvalue weighted by Crippen LogP contribution is 2.25. The first-order valence-electron chi connectivity index (χ1n) is 5.33. The number of nitro groups is 1. The second kappa shape index (κ2) is 5.63. The molecule has 0 saturated carbocycles. The summed E-state index contributed by atoms with van der Waals surface area (Å²) in [6, 6.07) is 5.94. The van der Waals surface area contributed by atoms with Gasteiger partial charge in [-0.1, -0.05) is 5.92 Å². The molecule has 1 aromatic carbocycles. The normalized spacial score (nSPS) is 12.8. The summed E-state index contributed by atoms with van der Waals surface area (Å²) in [6.07, 6.45) is 4.79. The molecule has 0 amide bonds. The molecule has 0 N–H and O–H groups in total. The van der Waals surface area contributed by atoms with Gasteiger partial charge in [0.25, 0.3) is 5.69 Å². The fourth-order valence-electron chi connectivity index (χ4n) is 1.30. The molecule has 0 saturated heterocycles. The monoisotopic (exact) mass is 249 g/mol. The Morgan fingerprint density at radius 2 is 1.94 bits per heavy atom. The molecule has 0 radical (unpaired) electrons. The van der Waals surface area contributed by atoms with E-state index in [4.69, 9.17) is 15.9 Å². The van der Waals surface area contributed by atoms with Crippen LogP contribution in [0, 0.1) is 22.5 Å². The number of benzene rings is 1. The van der Waals surface area contributed by atoms with Crippen LogP contribution in [0.4, 0.5) is 5.69 Å². The summed E-state index contributed by atoms with van der Waals surface area (Å²) in [5.74, 6) is 1.66. The molecule has 0 spiro atoms. The van der Waals surface area contributed by atoms with Crippen molar-refractivity contribution in [1.82, 2.24) is 0 Å². The SMILES string of the molecule is C#CC(OC(C)(C)OC)c1ccc([N+](=O)[O-])cc1. The molecule has 5 nitrogen and oxygen atoms in total. The maximum Gasteiger partial charge on any atom is 0.269 e. The third-order valence-corrected chi connectivity index (χ3v) is 2.45. The van der Waals surface area contributed by atoms with E-state index in [1.807, 2.05) is 0 Å². The zero-order chi connectivity index (χ0) is 13.8. The van der Waals surface area contributed by atoms with Crippen LogP contribution in [0.1, 0.15) is 25.5 Å². The van der Waals surface area contributed by atoms with Gasteiger partial charge in [-0.3, -0.25) is 10.1 Å². The van der Waals surface area contributed by atoms with Crippen LogP contribution in [0.3, 0.4) is 0 Å². The van der Waals surface area contributed by atoms with E-state index in [-0.39, 0.29) is 5.69 Å². The van der Waals surface area contributed by atoms with Crippen LogP contribution >= 0.6 is 0 Å². The molecule has 0 fully saturated rings. The van der Waals surface area contributed by atoms with Gasteiger partial charge in [0.05, 0.1) is 4.92 Å². The van der Waals surface area contributed by atoms with Crippen molar-refractivity contribution in [2.24, 2.45) is 0 Å². The summed E-state index contributed by atoms with van der Waals surface area (Å²) < 4.78 is 10.7. The molecule has 1 unspecified atom stereocenters. The predicted octanol–water partition coefficient (Wildman–Crippen LogP) is 2.67. The Bertz CT molecular complexity index is 459. The van der Waals surface area contributed by atoms with Gasteiger partial charge in [-0.25, -0.2) is 0 Å². The second-order valence-corrected chi connectivity index (χ2v) is 4.12. The van der Waals surface area contributed by atoms with Gasteiger partial charge in [0.1, 0.15) is 6.10 Å². The zero-order valence-corrected chi connectivity index (χ0v) is 10.5. The van der Waals surface area contributed by atoms with Crippen molar-refractivity contribution in [1.29, 1.82) is 0 Å². The minimum Gasteiger partial charge on any atom is -0.354 e. The molecular formula is C13H15NO4. The lowest BCUT2D eigenvalue weighted by Gasteiger charge is -2.27. The number of nitrogens with zero attached hydrogens (tertiary/aromatic N) is 1. The lowest BCUT2D eigenvalue weighted by molar-refractivity contribution is -0.384. The predicted molar refractivity (Wildman–Crippen MR) is 66.8 cm³/mol. The molecule has 0 aliphatic carbocycles. The average Bonchev–Trinajstić information content (AvgIpc) is 2.36. The van der Waals surface area contributed by atoms with Crippen molar-refractivity contribution in [2.75, 3.05) is 7.11 Å². The first kappa shape index (κ1) is 14.2. The minimum atomic E-state index is -0.821. The van der Waals surface area contributed by atoms with Crippen LogP contribution in [0.2, 0.25) is 0 Å². The van der Waals surface area contributed by atoms with Gasteiger partial charge in [0.15, 0.2) is 5.79 Å². The van der Waals surface area contributed by atoms with Crippen molar-refractivity contribution < 1.29 is 14.4 Å². The van der Waals surface area contributed by atoms with Gasteiger partial charge in [-0.05, 0) is 31.5 Å². The molecule has 5 heteroatoms. The fourth-order valence-corrected chi connectivity index (χ4v) is 1.30. The van der Waals surface area contributed by atoms with E-state index in [0.29, 0.717) is 5.56 Å². The summed E-state index contributed by atoms with van der Waals surface area (Å²) in [6.45, 7) is 3.48. The van der Waals surface area contributed by atoms with Crippen molar-refractivity contribution in [3.8, 4) is 12.3 Å². The van der Waals surface area contributed by atoms with E-state index in [0.717, 1.165) is 0 Å². The Morgan fingerprint density at radius 3 is 2.33 bits per heavy atom. The van der Waals surface area contributed by atoms with Crippen molar-refractivity contribution >= 4 is 5.69 Å². The van der Waals surface area contributed by atoms with Crippen molar-refractivity contribution in [2.45, 2.75) is 25.7 Å². The maximum absolute atomic E-state index is 10.5. The average molecular weight is 249 g/mol. The highest BCUT2D eigenvalue weighted by atomic mass is 16.7. The molecule has 0 aliphatic rings. The first-order valence-corrected chi connectivity index (χ1v) is 5.33.